The lowest BCUT2D eigenvalue weighted by molar-refractivity contribution is -0.118. The van der Waals surface area contributed by atoms with Crippen molar-refractivity contribution < 1.29 is 14.3 Å². The Morgan fingerprint density at radius 1 is 1.42 bits per heavy atom. The van der Waals surface area contributed by atoms with Gasteiger partial charge in [0.15, 0.2) is 6.61 Å². The van der Waals surface area contributed by atoms with Crippen LogP contribution in [0, 0.1) is 5.92 Å². The molecule has 2 aliphatic rings. The maximum absolute atomic E-state index is 11.3. The molecular formula is C14H16BrNO3. The van der Waals surface area contributed by atoms with Crippen LogP contribution in [0.15, 0.2) is 18.2 Å². The van der Waals surface area contributed by atoms with Gasteiger partial charge in [-0.15, -0.1) is 0 Å². The topological polar surface area (TPSA) is 47.6 Å². The molecule has 0 saturated carbocycles. The molecule has 1 aromatic rings. The summed E-state index contributed by atoms with van der Waals surface area (Å²) < 4.78 is 10.9. The number of hydrogen-bond donors (Lipinski definition) is 1. The van der Waals surface area contributed by atoms with Crippen LogP contribution < -0.4 is 10.1 Å². The molecule has 3 rings (SSSR count). The van der Waals surface area contributed by atoms with Crippen molar-refractivity contribution in [1.29, 1.82) is 0 Å². The molecule has 1 saturated heterocycles. The van der Waals surface area contributed by atoms with Crippen molar-refractivity contribution >= 4 is 27.5 Å². The molecule has 1 aromatic carbocycles. The molecule has 1 amide bonds. The minimum Gasteiger partial charge on any atom is -0.482 e. The second kappa shape index (κ2) is 5.51. The average molecular weight is 326 g/mol. The number of benzene rings is 1. The first kappa shape index (κ1) is 12.9. The quantitative estimate of drug-likeness (QED) is 0.850. The summed E-state index contributed by atoms with van der Waals surface area (Å²) in [6, 6.07) is 5.95. The zero-order chi connectivity index (χ0) is 13.2. The molecule has 0 radical (unpaired) electrons. The van der Waals surface area contributed by atoms with Gasteiger partial charge in [-0.2, -0.15) is 0 Å². The molecule has 0 spiro atoms. The molecule has 102 valence electrons. The van der Waals surface area contributed by atoms with Gasteiger partial charge >= 0.3 is 0 Å². The van der Waals surface area contributed by atoms with E-state index in [1.165, 1.54) is 0 Å². The van der Waals surface area contributed by atoms with Gasteiger partial charge in [-0.1, -0.05) is 22.0 Å². The first-order chi connectivity index (χ1) is 9.24. The van der Waals surface area contributed by atoms with E-state index in [4.69, 9.17) is 9.47 Å². The Morgan fingerprint density at radius 3 is 3.11 bits per heavy atom. The van der Waals surface area contributed by atoms with Crippen molar-refractivity contribution in [2.24, 2.45) is 5.92 Å². The highest BCUT2D eigenvalue weighted by Crippen LogP contribution is 2.39. The van der Waals surface area contributed by atoms with Crippen LogP contribution in [0.2, 0.25) is 0 Å². The van der Waals surface area contributed by atoms with Crippen LogP contribution in [-0.4, -0.2) is 25.7 Å². The lowest BCUT2D eigenvalue weighted by Gasteiger charge is -2.27. The third kappa shape index (κ3) is 2.77. The average Bonchev–Trinajstić information content (AvgIpc) is 2.46. The van der Waals surface area contributed by atoms with Crippen molar-refractivity contribution in [3.63, 3.8) is 0 Å². The van der Waals surface area contributed by atoms with Gasteiger partial charge in [-0.05, 0) is 36.5 Å². The summed E-state index contributed by atoms with van der Waals surface area (Å²) in [6.07, 6.45) is 2.27. The van der Waals surface area contributed by atoms with Gasteiger partial charge in [0.1, 0.15) is 5.75 Å². The second-order valence-electron chi connectivity index (χ2n) is 4.97. The van der Waals surface area contributed by atoms with E-state index in [-0.39, 0.29) is 17.3 Å². The zero-order valence-corrected chi connectivity index (χ0v) is 12.1. The number of ether oxygens (including phenoxy) is 2. The summed E-state index contributed by atoms with van der Waals surface area (Å²) in [6.45, 7) is 1.75. The van der Waals surface area contributed by atoms with Crippen LogP contribution in [-0.2, 0) is 9.53 Å². The number of amides is 1. The van der Waals surface area contributed by atoms with Crippen LogP contribution in [0.1, 0.15) is 23.2 Å². The van der Waals surface area contributed by atoms with E-state index in [0.717, 1.165) is 43.1 Å². The van der Waals surface area contributed by atoms with E-state index in [0.29, 0.717) is 5.92 Å². The molecule has 19 heavy (non-hydrogen) atoms. The van der Waals surface area contributed by atoms with Gasteiger partial charge in [0.05, 0.1) is 12.3 Å². The fraction of sp³-hybridized carbons (Fsp3) is 0.500. The summed E-state index contributed by atoms with van der Waals surface area (Å²) in [5.74, 6) is 1.12. The van der Waals surface area contributed by atoms with Crippen molar-refractivity contribution in [3.05, 3.63) is 23.8 Å². The number of nitrogens with one attached hydrogen (secondary N) is 1. The molecule has 5 heteroatoms. The van der Waals surface area contributed by atoms with Crippen molar-refractivity contribution in [3.8, 4) is 5.75 Å². The molecule has 2 atom stereocenters. The van der Waals surface area contributed by atoms with E-state index >= 15 is 0 Å². The lowest BCUT2D eigenvalue weighted by Crippen LogP contribution is -2.26. The third-order valence-corrected chi connectivity index (χ3v) is 4.84. The molecule has 0 aromatic heterocycles. The SMILES string of the molecule is O=C1COc2ccc(C(Br)C3CCCOC3)cc2N1. The number of anilines is 1. The van der Waals surface area contributed by atoms with Gasteiger partial charge in [0, 0.05) is 11.4 Å². The monoisotopic (exact) mass is 325 g/mol. The predicted octanol–water partition coefficient (Wildman–Crippen LogP) is 2.88. The van der Waals surface area contributed by atoms with Crippen LogP contribution >= 0.6 is 15.9 Å². The number of halogens is 1. The Morgan fingerprint density at radius 2 is 2.32 bits per heavy atom. The Kier molecular flexibility index (Phi) is 3.75. The van der Waals surface area contributed by atoms with E-state index in [2.05, 4.69) is 21.2 Å². The Labute approximate surface area is 120 Å². The molecule has 1 N–H and O–H groups in total. The highest BCUT2D eigenvalue weighted by atomic mass is 79.9. The van der Waals surface area contributed by atoms with Gasteiger partial charge in [-0.3, -0.25) is 4.79 Å². The van der Waals surface area contributed by atoms with Gasteiger partial charge in [0.2, 0.25) is 0 Å². The molecule has 1 fully saturated rings. The Balaban J connectivity index is 1.80. The maximum Gasteiger partial charge on any atom is 0.262 e. The van der Waals surface area contributed by atoms with Crippen molar-refractivity contribution in [1.82, 2.24) is 0 Å². The number of hydrogen-bond acceptors (Lipinski definition) is 3. The largest absolute Gasteiger partial charge is 0.482 e. The molecule has 0 aliphatic carbocycles. The number of carbonyl (C=O) groups excluding carboxylic acids is 1. The van der Waals surface area contributed by atoms with Crippen LogP contribution in [0.5, 0.6) is 5.75 Å². The molecule has 4 nitrogen and oxygen atoms in total. The number of carbonyl (C=O) groups is 1. The molecule has 2 aliphatic heterocycles. The fourth-order valence-electron chi connectivity index (χ4n) is 2.54. The molecule has 2 heterocycles. The van der Waals surface area contributed by atoms with Crippen molar-refractivity contribution in [2.45, 2.75) is 17.7 Å². The smallest absolute Gasteiger partial charge is 0.262 e. The highest BCUT2D eigenvalue weighted by Gasteiger charge is 2.25. The summed E-state index contributed by atoms with van der Waals surface area (Å²) in [7, 11) is 0. The lowest BCUT2D eigenvalue weighted by atomic mass is 9.93. The summed E-state index contributed by atoms with van der Waals surface area (Å²) >= 11 is 3.76. The Bertz CT molecular complexity index is 486. The van der Waals surface area contributed by atoms with E-state index in [1.807, 2.05) is 18.2 Å². The first-order valence-corrected chi connectivity index (χ1v) is 7.44. The molecule has 0 bridgehead atoms. The van der Waals surface area contributed by atoms with Crippen LogP contribution in [0.4, 0.5) is 5.69 Å². The van der Waals surface area contributed by atoms with E-state index in [1.54, 1.807) is 0 Å². The summed E-state index contributed by atoms with van der Waals surface area (Å²) in [5.41, 5.74) is 1.91. The first-order valence-electron chi connectivity index (χ1n) is 6.52. The number of alkyl halides is 1. The summed E-state index contributed by atoms with van der Waals surface area (Å²) in [5, 5.41) is 2.84. The number of rotatable bonds is 2. The van der Waals surface area contributed by atoms with Crippen LogP contribution in [0.3, 0.4) is 0 Å². The fourth-order valence-corrected chi connectivity index (χ4v) is 3.24. The van der Waals surface area contributed by atoms with Crippen molar-refractivity contribution in [2.75, 3.05) is 25.1 Å². The Hall–Kier alpha value is -1.07. The maximum atomic E-state index is 11.3. The summed E-state index contributed by atoms with van der Waals surface area (Å²) in [4.78, 5) is 11.6. The third-order valence-electron chi connectivity index (χ3n) is 3.56. The minimum absolute atomic E-state index is 0.0978. The molecular weight excluding hydrogens is 310 g/mol. The van der Waals surface area contributed by atoms with E-state index in [9.17, 15) is 4.79 Å². The van der Waals surface area contributed by atoms with Gasteiger partial charge in [-0.25, -0.2) is 0 Å². The molecule has 2 unspecified atom stereocenters. The second-order valence-corrected chi connectivity index (χ2v) is 5.96. The normalized spacial score (nSPS) is 24.1. The van der Waals surface area contributed by atoms with Crippen LogP contribution in [0.25, 0.3) is 0 Å². The standard InChI is InChI=1S/C14H16BrNO3/c15-14(10-2-1-5-18-7-10)9-3-4-12-11(6-9)16-13(17)8-19-12/h3-4,6,10,14H,1-2,5,7-8H2,(H,16,17). The van der Waals surface area contributed by atoms with Gasteiger partial charge < -0.3 is 14.8 Å². The number of fused-ring (bicyclic) bond motifs is 1. The van der Waals surface area contributed by atoms with E-state index < -0.39 is 0 Å². The zero-order valence-electron chi connectivity index (χ0n) is 10.5. The van der Waals surface area contributed by atoms with Gasteiger partial charge in [0.25, 0.3) is 5.91 Å². The minimum atomic E-state index is -0.100. The predicted molar refractivity (Wildman–Crippen MR) is 75.8 cm³/mol. The highest BCUT2D eigenvalue weighted by molar-refractivity contribution is 9.09.